The lowest BCUT2D eigenvalue weighted by Crippen LogP contribution is -2.47. The summed E-state index contributed by atoms with van der Waals surface area (Å²) >= 11 is 16.3. The Morgan fingerprint density at radius 3 is 2.08 bits per heavy atom. The predicted octanol–water partition coefficient (Wildman–Crippen LogP) is 8.23. The van der Waals surface area contributed by atoms with Gasteiger partial charge in [0.25, 0.3) is 0 Å². The first-order valence-corrected chi connectivity index (χ1v) is 27.2. The van der Waals surface area contributed by atoms with E-state index in [4.69, 9.17) is 66.1 Å². The lowest BCUT2D eigenvalue weighted by atomic mass is 9.88. The number of nitrogens with zero attached hydrogens (tertiary/aromatic N) is 7. The van der Waals surface area contributed by atoms with E-state index in [9.17, 15) is 14.3 Å². The molecule has 0 radical (unpaired) electrons. The van der Waals surface area contributed by atoms with Gasteiger partial charge >= 0.3 is 5.97 Å². The fourth-order valence-corrected chi connectivity index (χ4v) is 11.3. The van der Waals surface area contributed by atoms with Crippen LogP contribution in [0.5, 0.6) is 17.4 Å². The van der Waals surface area contributed by atoms with Crippen LogP contribution in [0.2, 0.25) is 10.0 Å². The number of carboxylic acid groups (broad SMARTS) is 1. The third-order valence-corrected chi connectivity index (χ3v) is 15.8. The SMILES string of the molecule is Cc1c(Cl)c2c(Cl)c(C)c1-c1c(-c3ccc(F)cc3)sc3ncnc(c13)O[C@@H](C(=O)O)Cc1cc(ccc1OCc1ccnc(N3CCOCCOCCOCCOCCOCC3)n1)OC[C@@H](CN1CCN(C)CC1)C2. The van der Waals surface area contributed by atoms with Crippen molar-refractivity contribution >= 4 is 56.7 Å². The van der Waals surface area contributed by atoms with Gasteiger partial charge in [0.2, 0.25) is 17.9 Å². The second kappa shape index (κ2) is 26.8. The van der Waals surface area contributed by atoms with Crippen molar-refractivity contribution < 1.29 is 52.2 Å². The lowest BCUT2D eigenvalue weighted by Gasteiger charge is -2.35. The molecule has 2 atom stereocenters. The fourth-order valence-electron chi connectivity index (χ4n) is 9.59. The van der Waals surface area contributed by atoms with Crippen LogP contribution in [-0.2, 0) is 47.9 Å². The first-order chi connectivity index (χ1) is 37.0. The number of piperazine rings is 1. The predicted molar refractivity (Wildman–Crippen MR) is 289 cm³/mol. The molecule has 3 aromatic carbocycles. The highest BCUT2D eigenvalue weighted by Crippen LogP contribution is 2.52. The summed E-state index contributed by atoms with van der Waals surface area (Å²) in [5.74, 6) is -0.223. The van der Waals surface area contributed by atoms with Crippen LogP contribution in [0.25, 0.3) is 31.8 Å². The number of hydrogen-bond donors (Lipinski definition) is 1. The monoisotopic (exact) mass is 1100 g/mol. The van der Waals surface area contributed by atoms with E-state index >= 15 is 0 Å². The van der Waals surface area contributed by atoms with Gasteiger partial charge in [0.15, 0.2) is 0 Å². The second-order valence-corrected chi connectivity index (χ2v) is 20.7. The van der Waals surface area contributed by atoms with Crippen LogP contribution in [0.3, 0.4) is 0 Å². The number of carbonyl (C=O) groups is 1. The normalized spacial score (nSPS) is 19.5. The summed E-state index contributed by atoms with van der Waals surface area (Å²) in [6.45, 7) is 14.1. The molecule has 76 heavy (non-hydrogen) atoms. The number of anilines is 1. The molecular weight excluding hydrogens is 1040 g/mol. The Morgan fingerprint density at radius 1 is 0.789 bits per heavy atom. The number of fused-ring (bicyclic) bond motifs is 7. The molecule has 4 aliphatic heterocycles. The van der Waals surface area contributed by atoms with Gasteiger partial charge in [-0.2, -0.15) is 0 Å². The van der Waals surface area contributed by atoms with Crippen molar-refractivity contribution in [3.63, 3.8) is 0 Å². The van der Waals surface area contributed by atoms with E-state index in [2.05, 4.69) is 31.8 Å². The van der Waals surface area contributed by atoms with Crippen LogP contribution in [0.1, 0.15) is 27.9 Å². The number of likely N-dealkylation sites (N-methyl/N-ethyl adjacent to an activating group) is 1. The highest BCUT2D eigenvalue weighted by atomic mass is 35.5. The summed E-state index contributed by atoms with van der Waals surface area (Å²) in [4.78, 5) is 40.3. The molecule has 0 amide bonds. The zero-order valence-corrected chi connectivity index (χ0v) is 45.4. The molecule has 0 aliphatic carbocycles. The number of ether oxygens (including phenoxy) is 8. The largest absolute Gasteiger partial charge is 0.493 e. The van der Waals surface area contributed by atoms with Crippen LogP contribution in [0.15, 0.2) is 61.1 Å². The first-order valence-electron chi connectivity index (χ1n) is 25.7. The molecule has 2 saturated heterocycles. The first kappa shape index (κ1) is 55.4. The van der Waals surface area contributed by atoms with Crippen LogP contribution in [0, 0.1) is 25.6 Å². The third-order valence-electron chi connectivity index (χ3n) is 13.7. The molecule has 6 aromatic rings. The summed E-state index contributed by atoms with van der Waals surface area (Å²) in [6, 6.07) is 13.4. The van der Waals surface area contributed by atoms with E-state index in [0.717, 1.165) is 59.9 Å². The number of aromatic nitrogens is 4. The average Bonchev–Trinajstić information content (AvgIpc) is 3.88. The van der Waals surface area contributed by atoms with Gasteiger partial charge in [-0.05, 0) is 91.5 Å². The van der Waals surface area contributed by atoms with Crippen molar-refractivity contribution in [2.75, 3.05) is 130 Å². The number of halogens is 3. The smallest absolute Gasteiger partial charge is 0.345 e. The van der Waals surface area contributed by atoms with Crippen LogP contribution in [0.4, 0.5) is 10.3 Å². The molecule has 0 saturated carbocycles. The molecular formula is C55H64Cl2FN7O10S. The van der Waals surface area contributed by atoms with Crippen molar-refractivity contribution in [2.45, 2.75) is 39.4 Å². The van der Waals surface area contributed by atoms with Crippen molar-refractivity contribution in [3.05, 3.63) is 105 Å². The topological polar surface area (TPSA) is 172 Å². The Balaban J connectivity index is 1.06. The summed E-state index contributed by atoms with van der Waals surface area (Å²) in [5, 5.41) is 12.5. The molecule has 21 heteroatoms. The minimum absolute atomic E-state index is 0.0298. The molecule has 4 bridgehead atoms. The molecule has 4 aliphatic rings. The van der Waals surface area contributed by atoms with Gasteiger partial charge in [0, 0.05) is 90.4 Å². The van der Waals surface area contributed by atoms with Crippen LogP contribution in [-0.4, -0.2) is 172 Å². The minimum atomic E-state index is -1.47. The Morgan fingerprint density at radius 2 is 1.43 bits per heavy atom. The maximum atomic E-state index is 14.5. The van der Waals surface area contributed by atoms with E-state index in [1.54, 1.807) is 30.5 Å². The zero-order valence-electron chi connectivity index (χ0n) is 43.1. The number of thiophene rings is 1. The second-order valence-electron chi connectivity index (χ2n) is 19.0. The van der Waals surface area contributed by atoms with Crippen LogP contribution >= 0.6 is 34.5 Å². The van der Waals surface area contributed by atoms with Gasteiger partial charge in [-0.1, -0.05) is 35.3 Å². The Kier molecular flexibility index (Phi) is 19.6. The molecule has 17 nitrogen and oxygen atoms in total. The van der Waals surface area contributed by atoms with Gasteiger partial charge < -0.3 is 57.7 Å². The highest BCUT2D eigenvalue weighted by Gasteiger charge is 2.32. The van der Waals surface area contributed by atoms with Crippen molar-refractivity contribution in [2.24, 2.45) is 5.92 Å². The molecule has 3 aromatic heterocycles. The number of rotatable bonds is 8. The standard InChI is InChI=1S/C55H64Cl2FN7O10S/c1-35-46-36(2)50(57)43(49(35)56)28-37(31-64-14-12-63(3)13-15-64)32-73-42-8-9-44(74-33-41-10-11-59-55(62-41)65-16-18-68-20-22-70-24-26-72-27-25-71-23-21-69-19-17-65)39(29-42)30-45(54(66)67)75-52-48-47(46)51(76-53(48)61-34-60-52)38-4-6-40(58)7-5-38/h4-11,29,34,37,45H,12-28,30-33H2,1-3H3,(H,66,67)/t37-,45-/m1/s1. The van der Waals surface area contributed by atoms with Gasteiger partial charge in [-0.25, -0.2) is 29.1 Å². The Hall–Kier alpha value is -5.32. The fraction of sp³-hybridized carbons (Fsp3) is 0.473. The Bertz CT molecular complexity index is 2870. The zero-order chi connectivity index (χ0) is 53.0. The summed E-state index contributed by atoms with van der Waals surface area (Å²) < 4.78 is 62.8. The highest BCUT2D eigenvalue weighted by molar-refractivity contribution is 7.22. The van der Waals surface area contributed by atoms with Gasteiger partial charge in [0.05, 0.1) is 83.8 Å². The molecule has 2 fully saturated rings. The third kappa shape index (κ3) is 14.0. The summed E-state index contributed by atoms with van der Waals surface area (Å²) in [7, 11) is 2.13. The minimum Gasteiger partial charge on any atom is -0.493 e. The number of hydrogen-bond acceptors (Lipinski definition) is 17. The maximum Gasteiger partial charge on any atom is 0.345 e. The molecule has 7 heterocycles. The van der Waals surface area contributed by atoms with Gasteiger partial charge in [0.1, 0.15) is 35.1 Å². The Labute approximate surface area is 456 Å². The van der Waals surface area contributed by atoms with Crippen LogP contribution < -0.4 is 19.1 Å². The summed E-state index contributed by atoms with van der Waals surface area (Å²) in [6.07, 6.45) is 1.94. The van der Waals surface area contributed by atoms with E-state index in [-0.39, 0.29) is 30.6 Å². The number of benzene rings is 3. The van der Waals surface area contributed by atoms with E-state index in [1.165, 1.54) is 29.8 Å². The lowest BCUT2D eigenvalue weighted by molar-refractivity contribution is -0.145. The molecule has 406 valence electrons. The van der Waals surface area contributed by atoms with E-state index < -0.39 is 12.1 Å². The molecule has 0 spiro atoms. The molecule has 0 unspecified atom stereocenters. The van der Waals surface area contributed by atoms with E-state index in [0.29, 0.717) is 152 Å². The quantitative estimate of drug-likeness (QED) is 0.154. The average molecular weight is 1110 g/mol. The van der Waals surface area contributed by atoms with Gasteiger partial charge in [-0.15, -0.1) is 11.3 Å². The molecule has 10 rings (SSSR count). The number of carboxylic acids is 1. The van der Waals surface area contributed by atoms with Crippen molar-refractivity contribution in [1.82, 2.24) is 29.7 Å². The molecule has 1 N–H and O–H groups in total. The maximum absolute atomic E-state index is 14.5. The summed E-state index contributed by atoms with van der Waals surface area (Å²) in [5.41, 5.74) is 5.56. The van der Waals surface area contributed by atoms with E-state index in [1.807, 2.05) is 30.9 Å². The van der Waals surface area contributed by atoms with Crippen molar-refractivity contribution in [3.8, 4) is 38.9 Å². The van der Waals surface area contributed by atoms with Crippen molar-refractivity contribution in [1.29, 1.82) is 0 Å². The number of aliphatic carboxylic acids is 1. The van der Waals surface area contributed by atoms with Gasteiger partial charge in [-0.3, -0.25) is 0 Å².